The Balaban J connectivity index is 3.84. The molecule has 1 amide bonds. The smallest absolute Gasteiger partial charge is 0.336 e. The predicted molar refractivity (Wildman–Crippen MR) is 58.5 cm³/mol. The summed E-state index contributed by atoms with van der Waals surface area (Å²) in [6, 6.07) is 0. The number of aliphatic hydroxyl groups excluding tert-OH is 1. The Kier molecular flexibility index (Phi) is 7.49. The highest BCUT2D eigenvalue weighted by atomic mass is 16.5. The van der Waals surface area contributed by atoms with Crippen LogP contribution in [0.1, 0.15) is 19.8 Å². The third kappa shape index (κ3) is 5.67. The number of hydrogen-bond donors (Lipinski definition) is 3. The molecule has 16 heavy (non-hydrogen) atoms. The maximum atomic E-state index is 11.4. The summed E-state index contributed by atoms with van der Waals surface area (Å²) in [5.74, 6) is -0.846. The first-order valence-electron chi connectivity index (χ1n) is 5.27. The van der Waals surface area contributed by atoms with Crippen LogP contribution in [0.5, 0.6) is 0 Å². The molecule has 2 unspecified atom stereocenters. The molecule has 0 aliphatic carbocycles. The van der Waals surface area contributed by atoms with Crippen LogP contribution in [-0.2, 0) is 14.3 Å². The molecule has 0 aromatic carbocycles. The molecule has 2 atom stereocenters. The molecule has 4 N–H and O–H groups in total. The summed E-state index contributed by atoms with van der Waals surface area (Å²) in [4.78, 5) is 22.2. The van der Waals surface area contributed by atoms with E-state index in [9.17, 15) is 14.7 Å². The van der Waals surface area contributed by atoms with E-state index in [1.165, 1.54) is 7.11 Å². The van der Waals surface area contributed by atoms with Gasteiger partial charge in [-0.15, -0.1) is 0 Å². The molecule has 0 radical (unpaired) electrons. The molecule has 0 rings (SSSR count). The van der Waals surface area contributed by atoms with E-state index >= 15 is 0 Å². The lowest BCUT2D eigenvalue weighted by atomic mass is 10.0. The van der Waals surface area contributed by atoms with Gasteiger partial charge in [-0.3, -0.25) is 4.79 Å². The Morgan fingerprint density at radius 3 is 2.56 bits per heavy atom. The number of nitrogens with one attached hydrogen (secondary N) is 1. The van der Waals surface area contributed by atoms with Gasteiger partial charge in [0.2, 0.25) is 5.91 Å². The fourth-order valence-electron chi connectivity index (χ4n) is 1.16. The molecule has 94 valence electrons. The van der Waals surface area contributed by atoms with Gasteiger partial charge in [0.1, 0.15) is 0 Å². The fraction of sp³-hybridized carbons (Fsp3) is 0.800. The molecular weight excluding hydrogens is 212 g/mol. The molecular formula is C10H20N2O4. The minimum absolute atomic E-state index is 0.132. The Labute approximate surface area is 95.1 Å². The van der Waals surface area contributed by atoms with Gasteiger partial charge in [-0.05, 0) is 12.5 Å². The molecule has 0 saturated heterocycles. The van der Waals surface area contributed by atoms with Crippen molar-refractivity contribution in [3.63, 3.8) is 0 Å². The van der Waals surface area contributed by atoms with Crippen molar-refractivity contribution >= 4 is 11.9 Å². The molecule has 0 heterocycles. The van der Waals surface area contributed by atoms with Crippen LogP contribution in [0.3, 0.4) is 0 Å². The first kappa shape index (κ1) is 14.9. The molecule has 6 heteroatoms. The average molecular weight is 232 g/mol. The Morgan fingerprint density at radius 1 is 1.50 bits per heavy atom. The summed E-state index contributed by atoms with van der Waals surface area (Å²) < 4.78 is 4.31. The second kappa shape index (κ2) is 8.06. The van der Waals surface area contributed by atoms with Crippen molar-refractivity contribution in [1.82, 2.24) is 5.32 Å². The number of hydrogen-bond acceptors (Lipinski definition) is 5. The number of methoxy groups -OCH3 is 1. The van der Waals surface area contributed by atoms with Gasteiger partial charge in [0.25, 0.3) is 0 Å². The number of ether oxygens (including phenoxy) is 1. The van der Waals surface area contributed by atoms with Gasteiger partial charge in [-0.2, -0.15) is 0 Å². The molecule has 6 nitrogen and oxygen atoms in total. The zero-order chi connectivity index (χ0) is 12.6. The van der Waals surface area contributed by atoms with Crippen LogP contribution in [0, 0.1) is 5.92 Å². The van der Waals surface area contributed by atoms with Gasteiger partial charge in [-0.1, -0.05) is 13.3 Å². The van der Waals surface area contributed by atoms with Gasteiger partial charge in [0.05, 0.1) is 13.7 Å². The summed E-state index contributed by atoms with van der Waals surface area (Å²) in [5, 5.41) is 11.7. The number of nitrogens with two attached hydrogens (primary N) is 1. The van der Waals surface area contributed by atoms with E-state index in [0.717, 1.165) is 6.42 Å². The summed E-state index contributed by atoms with van der Waals surface area (Å²) >= 11 is 0. The minimum atomic E-state index is -1.31. The molecule has 0 aromatic rings. The van der Waals surface area contributed by atoms with Gasteiger partial charge in [0.15, 0.2) is 6.10 Å². The molecule has 0 bridgehead atoms. The van der Waals surface area contributed by atoms with Crippen molar-refractivity contribution in [2.75, 3.05) is 20.2 Å². The van der Waals surface area contributed by atoms with Gasteiger partial charge >= 0.3 is 5.97 Å². The van der Waals surface area contributed by atoms with E-state index in [0.29, 0.717) is 13.0 Å². The predicted octanol–water partition coefficient (Wildman–Crippen LogP) is -0.988. The highest BCUT2D eigenvalue weighted by Gasteiger charge is 2.17. The van der Waals surface area contributed by atoms with Crippen LogP contribution in [0.4, 0.5) is 0 Å². The third-order valence-electron chi connectivity index (χ3n) is 2.35. The summed E-state index contributed by atoms with van der Waals surface area (Å²) in [5.41, 5.74) is 5.45. The zero-order valence-corrected chi connectivity index (χ0v) is 9.73. The van der Waals surface area contributed by atoms with E-state index in [1.807, 2.05) is 6.92 Å². The Hall–Kier alpha value is -1.14. The van der Waals surface area contributed by atoms with Crippen LogP contribution >= 0.6 is 0 Å². The lowest BCUT2D eigenvalue weighted by Crippen LogP contribution is -2.38. The third-order valence-corrected chi connectivity index (χ3v) is 2.35. The Morgan fingerprint density at radius 2 is 2.12 bits per heavy atom. The number of amides is 1. The van der Waals surface area contributed by atoms with Crippen molar-refractivity contribution < 1.29 is 19.4 Å². The van der Waals surface area contributed by atoms with Crippen LogP contribution in [0.15, 0.2) is 0 Å². The van der Waals surface area contributed by atoms with E-state index in [1.54, 1.807) is 0 Å². The first-order valence-corrected chi connectivity index (χ1v) is 5.27. The van der Waals surface area contributed by atoms with E-state index in [-0.39, 0.29) is 18.4 Å². The summed E-state index contributed by atoms with van der Waals surface area (Å²) in [6.45, 7) is 2.27. The van der Waals surface area contributed by atoms with Gasteiger partial charge in [0, 0.05) is 6.42 Å². The van der Waals surface area contributed by atoms with Crippen LogP contribution < -0.4 is 11.1 Å². The molecule has 0 aliphatic rings. The van der Waals surface area contributed by atoms with Gasteiger partial charge in [-0.25, -0.2) is 4.79 Å². The number of carbonyl (C=O) groups excluding carboxylic acids is 2. The lowest BCUT2D eigenvalue weighted by Gasteiger charge is -2.13. The van der Waals surface area contributed by atoms with E-state index in [2.05, 4.69) is 10.1 Å². The molecule has 0 spiro atoms. The normalized spacial score (nSPS) is 14.0. The first-order chi connectivity index (χ1) is 7.54. The maximum absolute atomic E-state index is 11.4. The second-order valence-electron chi connectivity index (χ2n) is 3.56. The zero-order valence-electron chi connectivity index (χ0n) is 9.73. The summed E-state index contributed by atoms with van der Waals surface area (Å²) in [6.07, 6.45) is -0.184. The van der Waals surface area contributed by atoms with E-state index < -0.39 is 12.1 Å². The molecule has 0 aromatic heterocycles. The van der Waals surface area contributed by atoms with E-state index in [4.69, 9.17) is 5.73 Å². The fourth-order valence-corrected chi connectivity index (χ4v) is 1.16. The summed E-state index contributed by atoms with van der Waals surface area (Å²) in [7, 11) is 1.18. The monoisotopic (exact) mass is 232 g/mol. The van der Waals surface area contributed by atoms with Crippen molar-refractivity contribution in [2.24, 2.45) is 11.7 Å². The number of rotatable bonds is 7. The quantitative estimate of drug-likeness (QED) is 0.489. The van der Waals surface area contributed by atoms with Gasteiger partial charge < -0.3 is 20.9 Å². The maximum Gasteiger partial charge on any atom is 0.336 e. The average Bonchev–Trinajstić information content (AvgIpc) is 2.31. The SMILES string of the molecule is CCC(CN)CC(=O)NCC(O)C(=O)OC. The lowest BCUT2D eigenvalue weighted by molar-refractivity contribution is -0.150. The van der Waals surface area contributed by atoms with Crippen LogP contribution in [0.25, 0.3) is 0 Å². The minimum Gasteiger partial charge on any atom is -0.467 e. The molecule has 0 saturated carbocycles. The second-order valence-corrected chi connectivity index (χ2v) is 3.56. The van der Waals surface area contributed by atoms with Crippen LogP contribution in [0.2, 0.25) is 0 Å². The number of esters is 1. The van der Waals surface area contributed by atoms with Crippen molar-refractivity contribution in [3.05, 3.63) is 0 Å². The van der Waals surface area contributed by atoms with Crippen molar-refractivity contribution in [2.45, 2.75) is 25.9 Å². The Bertz CT molecular complexity index is 229. The van der Waals surface area contributed by atoms with Crippen LogP contribution in [-0.4, -0.2) is 43.3 Å². The largest absolute Gasteiger partial charge is 0.467 e. The van der Waals surface area contributed by atoms with Crippen molar-refractivity contribution in [1.29, 1.82) is 0 Å². The molecule has 0 fully saturated rings. The number of aliphatic hydroxyl groups is 1. The highest BCUT2D eigenvalue weighted by molar-refractivity contribution is 5.78. The standard InChI is InChI=1S/C10H20N2O4/c1-3-7(5-11)4-9(14)12-6-8(13)10(15)16-2/h7-8,13H,3-6,11H2,1-2H3,(H,12,14). The topological polar surface area (TPSA) is 102 Å². The number of carbonyl (C=O) groups is 2. The highest BCUT2D eigenvalue weighted by Crippen LogP contribution is 2.05. The van der Waals surface area contributed by atoms with Crippen molar-refractivity contribution in [3.8, 4) is 0 Å². The molecule has 0 aliphatic heterocycles.